The number of pyridine rings is 1. The minimum Gasteiger partial charge on any atom is -0.371 e. The third-order valence-electron chi connectivity index (χ3n) is 4.06. The number of carbonyl (C=O) groups is 1. The zero-order valence-corrected chi connectivity index (χ0v) is 12.1. The average molecular weight is 305 g/mol. The van der Waals surface area contributed by atoms with Crippen LogP contribution in [0.1, 0.15) is 29.6 Å². The van der Waals surface area contributed by atoms with E-state index >= 15 is 0 Å². The molecule has 0 unspecified atom stereocenters. The van der Waals surface area contributed by atoms with Crippen LogP contribution in [-0.2, 0) is 0 Å². The molecule has 4 nitrogen and oxygen atoms in total. The van der Waals surface area contributed by atoms with Crippen LogP contribution in [0.5, 0.6) is 0 Å². The maximum atomic E-state index is 13.5. The van der Waals surface area contributed by atoms with Gasteiger partial charge in [-0.25, -0.2) is 8.78 Å². The number of aromatic nitrogens is 1. The number of halogens is 2. The number of rotatable bonds is 2. The standard InChI is InChI=1S/C16H17F2N3O/c17-16(18)5-1-8-21(9-6-16)14-4-7-20-13-3-2-11(15(19)22)10-12(13)14/h2-4,7,10H,1,5-6,8-9H2,(H2,19,22). The summed E-state index contributed by atoms with van der Waals surface area (Å²) in [6.45, 7) is 0.850. The number of primary amides is 1. The molecule has 2 aromatic rings. The SMILES string of the molecule is NC(=O)c1ccc2nccc(N3CCCC(F)(F)CC3)c2c1. The third kappa shape index (κ3) is 2.86. The van der Waals surface area contributed by atoms with Gasteiger partial charge in [-0.15, -0.1) is 0 Å². The van der Waals surface area contributed by atoms with Crippen molar-refractivity contribution in [2.24, 2.45) is 5.73 Å². The molecule has 1 aromatic carbocycles. The van der Waals surface area contributed by atoms with Gasteiger partial charge in [0, 0.05) is 48.8 Å². The van der Waals surface area contributed by atoms with Crippen LogP contribution in [-0.4, -0.2) is 29.9 Å². The van der Waals surface area contributed by atoms with Crippen molar-refractivity contribution in [3.63, 3.8) is 0 Å². The highest BCUT2D eigenvalue weighted by molar-refractivity contribution is 6.00. The summed E-state index contributed by atoms with van der Waals surface area (Å²) in [6.07, 6.45) is 1.85. The van der Waals surface area contributed by atoms with Gasteiger partial charge in [0.2, 0.25) is 11.8 Å². The van der Waals surface area contributed by atoms with Gasteiger partial charge in [-0.2, -0.15) is 0 Å². The molecule has 0 aliphatic carbocycles. The van der Waals surface area contributed by atoms with E-state index in [1.54, 1.807) is 30.5 Å². The first-order chi connectivity index (χ1) is 10.5. The molecule has 1 amide bonds. The van der Waals surface area contributed by atoms with E-state index in [-0.39, 0.29) is 19.4 Å². The van der Waals surface area contributed by atoms with E-state index in [1.165, 1.54) is 0 Å². The average Bonchev–Trinajstić information content (AvgIpc) is 2.67. The molecular formula is C16H17F2N3O. The summed E-state index contributed by atoms with van der Waals surface area (Å²) in [5.41, 5.74) is 7.26. The summed E-state index contributed by atoms with van der Waals surface area (Å²) in [5, 5.41) is 0.768. The fraction of sp³-hybridized carbons (Fsp3) is 0.375. The Kier molecular flexibility index (Phi) is 3.68. The summed E-state index contributed by atoms with van der Waals surface area (Å²) in [7, 11) is 0. The van der Waals surface area contributed by atoms with E-state index < -0.39 is 11.8 Å². The largest absolute Gasteiger partial charge is 0.371 e. The van der Waals surface area contributed by atoms with Gasteiger partial charge in [0.05, 0.1) is 5.52 Å². The normalized spacial score (nSPS) is 18.2. The summed E-state index contributed by atoms with van der Waals surface area (Å²) in [4.78, 5) is 17.6. The van der Waals surface area contributed by atoms with Crippen LogP contribution >= 0.6 is 0 Å². The van der Waals surface area contributed by atoms with E-state index in [1.807, 2.05) is 4.90 Å². The Hall–Kier alpha value is -2.24. The molecule has 1 saturated heterocycles. The number of anilines is 1. The van der Waals surface area contributed by atoms with Crippen LogP contribution in [0, 0.1) is 0 Å². The molecule has 1 aliphatic heterocycles. The molecule has 1 fully saturated rings. The number of nitrogens with two attached hydrogens (primary N) is 1. The van der Waals surface area contributed by atoms with Gasteiger partial charge < -0.3 is 10.6 Å². The Morgan fingerprint density at radius 3 is 2.82 bits per heavy atom. The van der Waals surface area contributed by atoms with Gasteiger partial charge in [0.15, 0.2) is 0 Å². The first-order valence-corrected chi connectivity index (χ1v) is 7.28. The lowest BCUT2D eigenvalue weighted by Crippen LogP contribution is -2.26. The molecule has 1 aromatic heterocycles. The lowest BCUT2D eigenvalue weighted by Gasteiger charge is -2.24. The molecule has 2 heterocycles. The second-order valence-corrected chi connectivity index (χ2v) is 5.62. The Labute approximate surface area is 126 Å². The van der Waals surface area contributed by atoms with Gasteiger partial charge in [-0.1, -0.05) is 0 Å². The number of hydrogen-bond acceptors (Lipinski definition) is 3. The zero-order chi connectivity index (χ0) is 15.7. The predicted molar refractivity (Wildman–Crippen MR) is 81.3 cm³/mol. The van der Waals surface area contributed by atoms with Crippen LogP contribution in [0.15, 0.2) is 30.5 Å². The molecule has 3 rings (SSSR count). The van der Waals surface area contributed by atoms with Crippen LogP contribution < -0.4 is 10.6 Å². The Morgan fingerprint density at radius 2 is 2.05 bits per heavy atom. The number of hydrogen-bond donors (Lipinski definition) is 1. The molecule has 1 aliphatic rings. The number of carbonyl (C=O) groups excluding carboxylic acids is 1. The van der Waals surface area contributed by atoms with E-state index in [4.69, 9.17) is 5.73 Å². The minimum absolute atomic E-state index is 0.0843. The highest BCUT2D eigenvalue weighted by atomic mass is 19.3. The van der Waals surface area contributed by atoms with Crippen molar-refractivity contribution in [3.05, 3.63) is 36.0 Å². The lowest BCUT2D eigenvalue weighted by atomic mass is 10.1. The number of nitrogens with zero attached hydrogens (tertiary/aromatic N) is 2. The molecule has 0 radical (unpaired) electrons. The van der Waals surface area contributed by atoms with Crippen LogP contribution in [0.4, 0.5) is 14.5 Å². The van der Waals surface area contributed by atoms with Crippen molar-refractivity contribution < 1.29 is 13.6 Å². The van der Waals surface area contributed by atoms with Crippen LogP contribution in [0.25, 0.3) is 10.9 Å². The smallest absolute Gasteiger partial charge is 0.249 e. The second-order valence-electron chi connectivity index (χ2n) is 5.62. The highest BCUT2D eigenvalue weighted by Gasteiger charge is 2.32. The summed E-state index contributed by atoms with van der Waals surface area (Å²) in [5.74, 6) is -3.12. The Balaban J connectivity index is 2.02. The van der Waals surface area contributed by atoms with Crippen LogP contribution in [0.3, 0.4) is 0 Å². The highest BCUT2D eigenvalue weighted by Crippen LogP contribution is 2.32. The van der Waals surface area contributed by atoms with E-state index in [2.05, 4.69) is 4.98 Å². The van der Waals surface area contributed by atoms with Crippen molar-refractivity contribution in [3.8, 4) is 0 Å². The maximum Gasteiger partial charge on any atom is 0.249 e. The van der Waals surface area contributed by atoms with E-state index in [0.717, 1.165) is 16.6 Å². The van der Waals surface area contributed by atoms with Gasteiger partial charge in [-0.05, 0) is 30.7 Å². The quantitative estimate of drug-likeness (QED) is 0.928. The van der Waals surface area contributed by atoms with Gasteiger partial charge in [-0.3, -0.25) is 9.78 Å². The van der Waals surface area contributed by atoms with Crippen molar-refractivity contribution in [1.82, 2.24) is 4.98 Å². The van der Waals surface area contributed by atoms with Crippen molar-refractivity contribution in [1.29, 1.82) is 0 Å². The van der Waals surface area contributed by atoms with Gasteiger partial charge in [0.1, 0.15) is 0 Å². The topological polar surface area (TPSA) is 59.2 Å². The van der Waals surface area contributed by atoms with Crippen LogP contribution in [0.2, 0.25) is 0 Å². The van der Waals surface area contributed by atoms with Crippen molar-refractivity contribution >= 4 is 22.5 Å². The fourth-order valence-electron chi connectivity index (χ4n) is 2.87. The molecule has 0 bridgehead atoms. The molecule has 0 saturated carbocycles. The summed E-state index contributed by atoms with van der Waals surface area (Å²) in [6, 6.07) is 6.84. The summed E-state index contributed by atoms with van der Waals surface area (Å²) < 4.78 is 27.1. The molecule has 0 spiro atoms. The molecule has 2 N–H and O–H groups in total. The van der Waals surface area contributed by atoms with Crippen molar-refractivity contribution in [2.45, 2.75) is 25.2 Å². The minimum atomic E-state index is -2.60. The second kappa shape index (κ2) is 5.51. The predicted octanol–water partition coefficient (Wildman–Crippen LogP) is 2.96. The molecule has 116 valence electrons. The first kappa shape index (κ1) is 14.7. The van der Waals surface area contributed by atoms with Gasteiger partial charge in [0.25, 0.3) is 0 Å². The monoisotopic (exact) mass is 305 g/mol. The maximum absolute atomic E-state index is 13.5. The number of fused-ring (bicyclic) bond motifs is 1. The fourth-order valence-corrected chi connectivity index (χ4v) is 2.87. The molecule has 6 heteroatoms. The number of alkyl halides is 2. The number of amides is 1. The van der Waals surface area contributed by atoms with Crippen molar-refractivity contribution in [2.75, 3.05) is 18.0 Å². The Morgan fingerprint density at radius 1 is 1.23 bits per heavy atom. The number of benzene rings is 1. The molecule has 0 atom stereocenters. The lowest BCUT2D eigenvalue weighted by molar-refractivity contribution is -0.0102. The molecular weight excluding hydrogens is 288 g/mol. The zero-order valence-electron chi connectivity index (χ0n) is 12.1. The van der Waals surface area contributed by atoms with E-state index in [9.17, 15) is 13.6 Å². The van der Waals surface area contributed by atoms with E-state index in [0.29, 0.717) is 18.5 Å². The third-order valence-corrected chi connectivity index (χ3v) is 4.06. The summed E-state index contributed by atoms with van der Waals surface area (Å²) >= 11 is 0. The molecule has 22 heavy (non-hydrogen) atoms. The first-order valence-electron chi connectivity index (χ1n) is 7.28. The van der Waals surface area contributed by atoms with Gasteiger partial charge >= 0.3 is 0 Å². The Bertz CT molecular complexity index is 718.